The Morgan fingerprint density at radius 3 is 2.56 bits per heavy atom. The molecule has 2 nitrogen and oxygen atoms in total. The largest absolute Gasteiger partial charge is 0.346 e. The van der Waals surface area contributed by atoms with E-state index in [1.807, 2.05) is 18.2 Å². The summed E-state index contributed by atoms with van der Waals surface area (Å²) >= 11 is 0. The molecule has 1 N–H and O–H groups in total. The maximum absolute atomic E-state index is 13.5. The highest BCUT2D eigenvalue weighted by Gasteiger charge is 2.26. The van der Waals surface area contributed by atoms with Gasteiger partial charge in [0.1, 0.15) is 6.17 Å². The Labute approximate surface area is 94.9 Å². The standard InChI is InChI=1S/C13H16FNO/c14-11-8-4-5-9-12(11)15-13(16)10-6-2-1-3-7-10/h1-3,6-7,11-12H,4-5,8-9H2,(H,15,16). The normalized spacial score (nSPS) is 25.1. The fraction of sp³-hybridized carbons (Fsp3) is 0.462. The van der Waals surface area contributed by atoms with Gasteiger partial charge in [0.2, 0.25) is 0 Å². The van der Waals surface area contributed by atoms with Crippen LogP contribution in [0.1, 0.15) is 36.0 Å². The summed E-state index contributed by atoms with van der Waals surface area (Å²) in [5.41, 5.74) is 0.597. The zero-order valence-electron chi connectivity index (χ0n) is 9.16. The van der Waals surface area contributed by atoms with Crippen LogP contribution in [0, 0.1) is 0 Å². The lowest BCUT2D eigenvalue weighted by molar-refractivity contribution is 0.0884. The fourth-order valence-corrected chi connectivity index (χ4v) is 2.09. The van der Waals surface area contributed by atoms with Crippen molar-refractivity contribution in [2.75, 3.05) is 0 Å². The molecular formula is C13H16FNO. The minimum absolute atomic E-state index is 0.171. The molecule has 16 heavy (non-hydrogen) atoms. The number of hydrogen-bond donors (Lipinski definition) is 1. The van der Waals surface area contributed by atoms with E-state index in [0.29, 0.717) is 12.0 Å². The van der Waals surface area contributed by atoms with Crippen LogP contribution in [0.15, 0.2) is 30.3 Å². The summed E-state index contributed by atoms with van der Waals surface area (Å²) in [7, 11) is 0. The maximum Gasteiger partial charge on any atom is 0.251 e. The van der Waals surface area contributed by atoms with Gasteiger partial charge in [-0.05, 0) is 25.0 Å². The fourth-order valence-electron chi connectivity index (χ4n) is 2.09. The highest BCUT2D eigenvalue weighted by atomic mass is 19.1. The minimum Gasteiger partial charge on any atom is -0.346 e. The average molecular weight is 221 g/mol. The predicted octanol–water partition coefficient (Wildman–Crippen LogP) is 2.70. The van der Waals surface area contributed by atoms with Crippen molar-refractivity contribution in [1.29, 1.82) is 0 Å². The van der Waals surface area contributed by atoms with Gasteiger partial charge in [0.05, 0.1) is 6.04 Å². The molecule has 0 spiro atoms. The van der Waals surface area contributed by atoms with Crippen LogP contribution >= 0.6 is 0 Å². The lowest BCUT2D eigenvalue weighted by atomic mass is 9.93. The van der Waals surface area contributed by atoms with Gasteiger partial charge in [-0.1, -0.05) is 31.0 Å². The molecule has 0 bridgehead atoms. The molecule has 3 heteroatoms. The number of carbonyl (C=O) groups excluding carboxylic acids is 1. The van der Waals surface area contributed by atoms with Crippen LogP contribution in [-0.4, -0.2) is 18.1 Å². The van der Waals surface area contributed by atoms with Crippen LogP contribution in [-0.2, 0) is 0 Å². The van der Waals surface area contributed by atoms with E-state index in [0.717, 1.165) is 19.3 Å². The Morgan fingerprint density at radius 2 is 1.88 bits per heavy atom. The van der Waals surface area contributed by atoms with E-state index < -0.39 is 6.17 Å². The molecule has 1 saturated carbocycles. The maximum atomic E-state index is 13.5. The van der Waals surface area contributed by atoms with E-state index in [-0.39, 0.29) is 11.9 Å². The Hall–Kier alpha value is -1.38. The van der Waals surface area contributed by atoms with Crippen LogP contribution in [0.25, 0.3) is 0 Å². The molecule has 1 aliphatic rings. The summed E-state index contributed by atoms with van der Waals surface area (Å²) in [6.45, 7) is 0. The van der Waals surface area contributed by atoms with Crippen molar-refractivity contribution in [3.05, 3.63) is 35.9 Å². The zero-order chi connectivity index (χ0) is 11.4. The molecule has 2 atom stereocenters. The van der Waals surface area contributed by atoms with Crippen molar-refractivity contribution in [3.63, 3.8) is 0 Å². The first kappa shape index (κ1) is 11.1. The summed E-state index contributed by atoms with van der Waals surface area (Å²) in [5, 5.41) is 2.77. The van der Waals surface area contributed by atoms with Gasteiger partial charge >= 0.3 is 0 Å². The van der Waals surface area contributed by atoms with E-state index in [9.17, 15) is 9.18 Å². The van der Waals surface area contributed by atoms with Crippen LogP contribution < -0.4 is 5.32 Å². The lowest BCUT2D eigenvalue weighted by Crippen LogP contribution is -2.43. The summed E-state index contributed by atoms with van der Waals surface area (Å²) in [5.74, 6) is -0.171. The summed E-state index contributed by atoms with van der Waals surface area (Å²) < 4.78 is 13.5. The molecule has 1 aliphatic carbocycles. The van der Waals surface area contributed by atoms with E-state index >= 15 is 0 Å². The molecule has 0 saturated heterocycles. The SMILES string of the molecule is O=C(NC1CCCCC1F)c1ccccc1. The summed E-state index contributed by atoms with van der Waals surface area (Å²) in [6.07, 6.45) is 2.36. The quantitative estimate of drug-likeness (QED) is 0.817. The number of amides is 1. The molecule has 1 amide bonds. The first-order chi connectivity index (χ1) is 7.77. The van der Waals surface area contributed by atoms with Crippen molar-refractivity contribution < 1.29 is 9.18 Å². The Morgan fingerprint density at radius 1 is 1.19 bits per heavy atom. The molecule has 2 unspecified atom stereocenters. The first-order valence-corrected chi connectivity index (χ1v) is 5.77. The second-order valence-corrected chi connectivity index (χ2v) is 4.25. The number of rotatable bonds is 2. The van der Waals surface area contributed by atoms with Gasteiger partial charge in [0, 0.05) is 5.56 Å². The molecule has 1 aromatic carbocycles. The average Bonchev–Trinajstić information content (AvgIpc) is 2.33. The summed E-state index contributed by atoms with van der Waals surface area (Å²) in [4.78, 5) is 11.8. The Kier molecular flexibility index (Phi) is 3.54. The highest BCUT2D eigenvalue weighted by molar-refractivity contribution is 5.94. The van der Waals surface area contributed by atoms with E-state index in [1.165, 1.54) is 0 Å². The Balaban J connectivity index is 1.96. The van der Waals surface area contributed by atoms with E-state index in [4.69, 9.17) is 0 Å². The molecule has 1 fully saturated rings. The monoisotopic (exact) mass is 221 g/mol. The zero-order valence-corrected chi connectivity index (χ0v) is 9.16. The third-order valence-electron chi connectivity index (χ3n) is 3.03. The Bertz CT molecular complexity index is 352. The molecule has 0 radical (unpaired) electrons. The topological polar surface area (TPSA) is 29.1 Å². The van der Waals surface area contributed by atoms with Gasteiger partial charge in [-0.25, -0.2) is 4.39 Å². The minimum atomic E-state index is -0.888. The number of halogens is 1. The van der Waals surface area contributed by atoms with E-state index in [1.54, 1.807) is 12.1 Å². The van der Waals surface area contributed by atoms with Crippen molar-refractivity contribution in [2.45, 2.75) is 37.9 Å². The molecule has 0 heterocycles. The van der Waals surface area contributed by atoms with Gasteiger partial charge in [-0.15, -0.1) is 0 Å². The van der Waals surface area contributed by atoms with Crippen molar-refractivity contribution in [2.24, 2.45) is 0 Å². The molecule has 2 rings (SSSR count). The number of alkyl halides is 1. The highest BCUT2D eigenvalue weighted by Crippen LogP contribution is 2.21. The second-order valence-electron chi connectivity index (χ2n) is 4.25. The molecule has 0 aromatic heterocycles. The van der Waals surface area contributed by atoms with Gasteiger partial charge in [0.15, 0.2) is 0 Å². The molecule has 1 aromatic rings. The van der Waals surface area contributed by atoms with E-state index in [2.05, 4.69) is 5.32 Å². The predicted molar refractivity (Wildman–Crippen MR) is 61.1 cm³/mol. The first-order valence-electron chi connectivity index (χ1n) is 5.77. The number of carbonyl (C=O) groups is 1. The van der Waals surface area contributed by atoms with Gasteiger partial charge in [-0.3, -0.25) is 4.79 Å². The number of benzene rings is 1. The van der Waals surface area contributed by atoms with Gasteiger partial charge < -0.3 is 5.32 Å². The number of nitrogens with one attached hydrogen (secondary N) is 1. The van der Waals surface area contributed by atoms with Crippen molar-refractivity contribution in [3.8, 4) is 0 Å². The van der Waals surface area contributed by atoms with Crippen LogP contribution in [0.2, 0.25) is 0 Å². The molecule has 86 valence electrons. The van der Waals surface area contributed by atoms with Crippen LogP contribution in [0.4, 0.5) is 4.39 Å². The summed E-state index contributed by atoms with van der Waals surface area (Å²) in [6, 6.07) is 8.65. The van der Waals surface area contributed by atoms with Crippen molar-refractivity contribution >= 4 is 5.91 Å². The smallest absolute Gasteiger partial charge is 0.251 e. The van der Waals surface area contributed by atoms with Gasteiger partial charge in [-0.2, -0.15) is 0 Å². The molecule has 0 aliphatic heterocycles. The van der Waals surface area contributed by atoms with Gasteiger partial charge in [0.25, 0.3) is 5.91 Å². The van der Waals surface area contributed by atoms with Crippen LogP contribution in [0.5, 0.6) is 0 Å². The number of hydrogen-bond acceptors (Lipinski definition) is 1. The third-order valence-corrected chi connectivity index (χ3v) is 3.03. The third kappa shape index (κ3) is 2.60. The lowest BCUT2D eigenvalue weighted by Gasteiger charge is -2.26. The second kappa shape index (κ2) is 5.10. The molecular weight excluding hydrogens is 205 g/mol. The van der Waals surface area contributed by atoms with Crippen molar-refractivity contribution in [1.82, 2.24) is 5.32 Å². The van der Waals surface area contributed by atoms with Crippen LogP contribution in [0.3, 0.4) is 0 Å².